The Labute approximate surface area is 112 Å². The normalized spacial score (nSPS) is 11.6. The Morgan fingerprint density at radius 2 is 2.00 bits per heavy atom. The molecule has 0 radical (unpaired) electrons. The van der Waals surface area contributed by atoms with Gasteiger partial charge in [-0.05, 0) is 32.9 Å². The van der Waals surface area contributed by atoms with Crippen LogP contribution in [0.15, 0.2) is 23.1 Å². The summed E-state index contributed by atoms with van der Waals surface area (Å²) in [5.74, 6) is 0. The molecule has 1 aromatic carbocycles. The van der Waals surface area contributed by atoms with Gasteiger partial charge in [-0.25, -0.2) is 13.1 Å². The fourth-order valence-corrected chi connectivity index (χ4v) is 2.83. The quantitative estimate of drug-likeness (QED) is 0.612. The van der Waals surface area contributed by atoms with Crippen LogP contribution < -0.4 is 10.0 Å². The van der Waals surface area contributed by atoms with Crippen LogP contribution in [-0.4, -0.2) is 25.9 Å². The largest absolute Gasteiger partial charge is 0.380 e. The van der Waals surface area contributed by atoms with Crippen molar-refractivity contribution < 1.29 is 13.3 Å². The summed E-state index contributed by atoms with van der Waals surface area (Å²) in [7, 11) is -3.66. The van der Waals surface area contributed by atoms with E-state index in [-0.39, 0.29) is 22.3 Å². The summed E-state index contributed by atoms with van der Waals surface area (Å²) in [5.41, 5.74) is 0.0458. The van der Waals surface area contributed by atoms with E-state index in [0.717, 1.165) is 0 Å². The minimum atomic E-state index is -3.66. The SMILES string of the molecule is CCNc1cc(S(=O)(=O)NC(C)C)ccc1[N+](=O)[O-]. The lowest BCUT2D eigenvalue weighted by Crippen LogP contribution is -2.30. The minimum absolute atomic E-state index is 0.00255. The summed E-state index contributed by atoms with van der Waals surface area (Å²) in [6.07, 6.45) is 0. The van der Waals surface area contributed by atoms with E-state index in [0.29, 0.717) is 6.54 Å². The maximum absolute atomic E-state index is 12.0. The zero-order valence-electron chi connectivity index (χ0n) is 11.0. The zero-order valence-corrected chi connectivity index (χ0v) is 11.8. The third kappa shape index (κ3) is 3.90. The van der Waals surface area contributed by atoms with E-state index in [9.17, 15) is 18.5 Å². The van der Waals surface area contributed by atoms with Crippen molar-refractivity contribution in [3.05, 3.63) is 28.3 Å². The Bertz CT molecular complexity index is 569. The highest BCUT2D eigenvalue weighted by Crippen LogP contribution is 2.27. The Hall–Kier alpha value is -1.67. The molecule has 0 aliphatic carbocycles. The van der Waals surface area contributed by atoms with Gasteiger partial charge in [-0.15, -0.1) is 0 Å². The second kappa shape index (κ2) is 5.98. The van der Waals surface area contributed by atoms with E-state index in [1.54, 1.807) is 20.8 Å². The highest BCUT2D eigenvalue weighted by atomic mass is 32.2. The van der Waals surface area contributed by atoms with Crippen molar-refractivity contribution in [3.8, 4) is 0 Å². The van der Waals surface area contributed by atoms with Crippen LogP contribution in [0.3, 0.4) is 0 Å². The van der Waals surface area contributed by atoms with Crippen LogP contribution in [0.1, 0.15) is 20.8 Å². The van der Waals surface area contributed by atoms with Crippen molar-refractivity contribution in [2.45, 2.75) is 31.7 Å². The summed E-state index contributed by atoms with van der Waals surface area (Å²) in [6.45, 7) is 5.64. The number of hydrogen-bond donors (Lipinski definition) is 2. The lowest BCUT2D eigenvalue weighted by atomic mass is 10.2. The number of sulfonamides is 1. The third-order valence-electron chi connectivity index (χ3n) is 2.23. The standard InChI is InChI=1S/C11H17N3O4S/c1-4-12-10-7-9(5-6-11(10)14(15)16)19(17,18)13-8(2)3/h5-8,12-13H,4H2,1-3H3. The molecule has 0 heterocycles. The topological polar surface area (TPSA) is 101 Å². The lowest BCUT2D eigenvalue weighted by Gasteiger charge is -2.11. The van der Waals surface area contributed by atoms with Gasteiger partial charge in [0, 0.05) is 18.7 Å². The molecule has 8 heteroatoms. The van der Waals surface area contributed by atoms with Gasteiger partial charge in [-0.2, -0.15) is 0 Å². The number of rotatable bonds is 6. The number of nitro benzene ring substituents is 1. The highest BCUT2D eigenvalue weighted by molar-refractivity contribution is 7.89. The second-order valence-corrected chi connectivity index (χ2v) is 5.96. The lowest BCUT2D eigenvalue weighted by molar-refractivity contribution is -0.384. The molecule has 7 nitrogen and oxygen atoms in total. The van der Waals surface area contributed by atoms with E-state index in [1.807, 2.05) is 0 Å². The number of nitrogens with zero attached hydrogens (tertiary/aromatic N) is 1. The van der Waals surface area contributed by atoms with Crippen molar-refractivity contribution in [3.63, 3.8) is 0 Å². The molecule has 0 spiro atoms. The molecule has 0 unspecified atom stereocenters. The second-order valence-electron chi connectivity index (χ2n) is 4.24. The van der Waals surface area contributed by atoms with Crippen LogP contribution in [-0.2, 0) is 10.0 Å². The van der Waals surface area contributed by atoms with E-state index < -0.39 is 14.9 Å². The monoisotopic (exact) mass is 287 g/mol. The molecule has 0 amide bonds. The average Bonchev–Trinajstić information content (AvgIpc) is 2.27. The van der Waals surface area contributed by atoms with Gasteiger partial charge in [0.2, 0.25) is 10.0 Å². The molecule has 0 fully saturated rings. The van der Waals surface area contributed by atoms with Gasteiger partial charge in [-0.1, -0.05) is 0 Å². The minimum Gasteiger partial charge on any atom is -0.380 e. The first-order chi connectivity index (χ1) is 8.77. The van der Waals surface area contributed by atoms with Crippen molar-refractivity contribution in [2.24, 2.45) is 0 Å². The fraction of sp³-hybridized carbons (Fsp3) is 0.455. The van der Waals surface area contributed by atoms with E-state index in [1.165, 1.54) is 18.2 Å². The molecule has 0 aromatic heterocycles. The maximum Gasteiger partial charge on any atom is 0.292 e. The maximum atomic E-state index is 12.0. The van der Waals surface area contributed by atoms with Crippen molar-refractivity contribution in [1.29, 1.82) is 0 Å². The number of benzene rings is 1. The molecule has 0 aliphatic heterocycles. The van der Waals surface area contributed by atoms with Gasteiger partial charge in [0.05, 0.1) is 9.82 Å². The molecule has 0 bridgehead atoms. The molecule has 0 saturated heterocycles. The molecule has 0 aliphatic rings. The van der Waals surface area contributed by atoms with Gasteiger partial charge in [-0.3, -0.25) is 10.1 Å². The summed E-state index contributed by atoms with van der Waals surface area (Å²) >= 11 is 0. The van der Waals surface area contributed by atoms with E-state index in [4.69, 9.17) is 0 Å². The molecule has 19 heavy (non-hydrogen) atoms. The summed E-state index contributed by atoms with van der Waals surface area (Å²) < 4.78 is 26.4. The highest BCUT2D eigenvalue weighted by Gasteiger charge is 2.20. The van der Waals surface area contributed by atoms with Crippen LogP contribution in [0.2, 0.25) is 0 Å². The number of nitro groups is 1. The van der Waals surface area contributed by atoms with Gasteiger partial charge in [0.1, 0.15) is 5.69 Å². The molecule has 2 N–H and O–H groups in total. The molecule has 0 atom stereocenters. The van der Waals surface area contributed by atoms with Crippen molar-refractivity contribution >= 4 is 21.4 Å². The van der Waals surface area contributed by atoms with Gasteiger partial charge in [0.25, 0.3) is 5.69 Å². The van der Waals surface area contributed by atoms with Crippen molar-refractivity contribution in [2.75, 3.05) is 11.9 Å². The van der Waals surface area contributed by atoms with Gasteiger partial charge in [0.15, 0.2) is 0 Å². The van der Waals surface area contributed by atoms with Gasteiger partial charge >= 0.3 is 0 Å². The molecule has 1 aromatic rings. The van der Waals surface area contributed by atoms with Crippen LogP contribution in [0.25, 0.3) is 0 Å². The van der Waals surface area contributed by atoms with E-state index in [2.05, 4.69) is 10.0 Å². The Morgan fingerprint density at radius 3 is 2.47 bits per heavy atom. The molecule has 0 saturated carbocycles. The summed E-state index contributed by atoms with van der Waals surface area (Å²) in [6, 6.07) is 3.44. The fourth-order valence-electron chi connectivity index (χ4n) is 1.55. The zero-order chi connectivity index (χ0) is 14.6. The first-order valence-electron chi connectivity index (χ1n) is 5.82. The van der Waals surface area contributed by atoms with Crippen LogP contribution in [0, 0.1) is 10.1 Å². The molecule has 106 valence electrons. The molecule has 1 rings (SSSR count). The number of anilines is 1. The Balaban J connectivity index is 3.25. The number of hydrogen-bond acceptors (Lipinski definition) is 5. The summed E-state index contributed by atoms with van der Waals surface area (Å²) in [4.78, 5) is 10.3. The third-order valence-corrected chi connectivity index (χ3v) is 3.89. The first kappa shape index (κ1) is 15.4. The van der Waals surface area contributed by atoms with Crippen LogP contribution in [0.4, 0.5) is 11.4 Å². The van der Waals surface area contributed by atoms with Crippen LogP contribution >= 0.6 is 0 Å². The number of nitrogens with one attached hydrogen (secondary N) is 2. The predicted octanol–water partition coefficient (Wildman–Crippen LogP) is 1.71. The molecular formula is C11H17N3O4S. The Morgan fingerprint density at radius 1 is 1.37 bits per heavy atom. The molecular weight excluding hydrogens is 270 g/mol. The van der Waals surface area contributed by atoms with Crippen molar-refractivity contribution in [1.82, 2.24) is 4.72 Å². The average molecular weight is 287 g/mol. The van der Waals surface area contributed by atoms with E-state index >= 15 is 0 Å². The summed E-state index contributed by atoms with van der Waals surface area (Å²) in [5, 5.41) is 13.6. The van der Waals surface area contributed by atoms with Crippen LogP contribution in [0.5, 0.6) is 0 Å². The predicted molar refractivity (Wildman–Crippen MR) is 72.7 cm³/mol. The Kier molecular flexibility index (Phi) is 4.84. The van der Waals surface area contributed by atoms with Gasteiger partial charge < -0.3 is 5.32 Å². The first-order valence-corrected chi connectivity index (χ1v) is 7.31. The smallest absolute Gasteiger partial charge is 0.292 e.